The lowest BCUT2D eigenvalue weighted by molar-refractivity contribution is 0.256. The molecule has 2 aliphatic heterocycles. The number of benzene rings is 2. The molecule has 0 saturated carbocycles. The van der Waals surface area contributed by atoms with E-state index in [0.29, 0.717) is 0 Å². The van der Waals surface area contributed by atoms with E-state index in [4.69, 9.17) is 10.5 Å². The van der Waals surface area contributed by atoms with Crippen molar-refractivity contribution in [1.29, 1.82) is 0 Å². The lowest BCUT2D eigenvalue weighted by atomic mass is 10.0. The van der Waals surface area contributed by atoms with Crippen LogP contribution in [0.15, 0.2) is 48.5 Å². The van der Waals surface area contributed by atoms with Crippen LogP contribution in [0.4, 0.5) is 16.2 Å². The summed E-state index contributed by atoms with van der Waals surface area (Å²) in [5.74, 6) is 0. The van der Waals surface area contributed by atoms with Crippen LogP contribution in [0.3, 0.4) is 0 Å². The van der Waals surface area contributed by atoms with E-state index in [0.717, 1.165) is 22.5 Å². The smallest absolute Gasteiger partial charge is 0.323 e. The highest BCUT2D eigenvalue weighted by molar-refractivity contribution is 7.83. The van der Waals surface area contributed by atoms with Crippen molar-refractivity contribution in [2.75, 3.05) is 17.4 Å². The first-order valence-corrected chi connectivity index (χ1v) is 9.15. The number of primary amides is 1. The second kappa shape index (κ2) is 6.14. The monoisotopic (exact) mass is 330 g/mol. The van der Waals surface area contributed by atoms with Crippen LogP contribution in [0.1, 0.15) is 23.3 Å². The van der Waals surface area contributed by atoms with Crippen LogP contribution in [-0.2, 0) is 15.5 Å². The molecule has 0 radical (unpaired) electrons. The summed E-state index contributed by atoms with van der Waals surface area (Å²) < 4.78 is 15.3. The van der Waals surface area contributed by atoms with E-state index >= 15 is 0 Å². The molecule has 4 rings (SSSR count). The van der Waals surface area contributed by atoms with Gasteiger partial charge in [0.05, 0.1) is 11.4 Å². The van der Waals surface area contributed by atoms with E-state index in [9.17, 15) is 9.00 Å². The van der Waals surface area contributed by atoms with E-state index in [2.05, 4.69) is 0 Å². The summed E-state index contributed by atoms with van der Waals surface area (Å²) in [5.41, 5.74) is 9.23. The van der Waals surface area contributed by atoms with Gasteiger partial charge in [0, 0.05) is 34.4 Å². The molecule has 0 aromatic heterocycles. The summed E-state index contributed by atoms with van der Waals surface area (Å²) in [7, 11) is -0.611. The minimum Gasteiger partial charge on any atom is -0.359 e. The number of nitrogens with two attached hydrogens (primary N) is 1. The zero-order chi connectivity index (χ0) is 16.6. The summed E-state index contributed by atoms with van der Waals surface area (Å²) in [6.45, 7) is 0. The van der Waals surface area contributed by atoms with Crippen molar-refractivity contribution in [3.8, 4) is 0 Å². The Balaban J connectivity index is 0.000000354. The number of ether oxygens (including phenoxy) is 1. The van der Waals surface area contributed by atoms with Gasteiger partial charge in [-0.25, -0.2) is 4.79 Å². The molecule has 1 saturated heterocycles. The van der Waals surface area contributed by atoms with Gasteiger partial charge in [-0.15, -0.1) is 0 Å². The Hall–Kier alpha value is -2.18. The molecule has 2 aromatic carbocycles. The minimum absolute atomic E-state index is 0.0294. The Morgan fingerprint density at radius 2 is 1.39 bits per heavy atom. The topological polar surface area (TPSA) is 75.9 Å². The summed E-state index contributed by atoms with van der Waals surface area (Å²) in [6.07, 6.45) is 3.34. The Morgan fingerprint density at radius 3 is 1.78 bits per heavy atom. The molecule has 2 atom stereocenters. The number of hydrogen-bond acceptors (Lipinski definition) is 3. The van der Waals surface area contributed by atoms with E-state index in [1.165, 1.54) is 0 Å². The summed E-state index contributed by atoms with van der Waals surface area (Å²) in [5, 5.41) is 0. The maximum Gasteiger partial charge on any atom is 0.323 e. The Labute approximate surface area is 137 Å². The summed E-state index contributed by atoms with van der Waals surface area (Å²) >= 11 is 0. The highest BCUT2D eigenvalue weighted by atomic mass is 32.2. The minimum atomic E-state index is -0.611. The quantitative estimate of drug-likeness (QED) is 0.754. The van der Waals surface area contributed by atoms with Gasteiger partial charge in [0.2, 0.25) is 0 Å². The van der Waals surface area contributed by atoms with Crippen molar-refractivity contribution in [3.05, 3.63) is 59.7 Å². The fourth-order valence-corrected chi connectivity index (χ4v) is 2.82. The molecular weight excluding hydrogens is 312 g/mol. The van der Waals surface area contributed by atoms with Crippen LogP contribution in [0.25, 0.3) is 0 Å². The molecule has 0 bridgehead atoms. The van der Waals surface area contributed by atoms with Crippen molar-refractivity contribution in [3.63, 3.8) is 0 Å². The normalized spacial score (nSPS) is 20.4. The van der Waals surface area contributed by atoms with Crippen LogP contribution < -0.4 is 10.6 Å². The first kappa shape index (κ1) is 15.7. The van der Waals surface area contributed by atoms with Crippen molar-refractivity contribution >= 4 is 28.2 Å². The molecule has 6 heteroatoms. The van der Waals surface area contributed by atoms with E-state index < -0.39 is 16.8 Å². The largest absolute Gasteiger partial charge is 0.359 e. The average molecular weight is 330 g/mol. The van der Waals surface area contributed by atoms with E-state index in [1.807, 2.05) is 48.5 Å². The summed E-state index contributed by atoms with van der Waals surface area (Å²) in [4.78, 5) is 13.4. The van der Waals surface area contributed by atoms with Crippen molar-refractivity contribution in [2.24, 2.45) is 5.73 Å². The standard InChI is InChI=1S/C15H12N2O2.C2H6OS/c16-15(18)17-11-7-3-1-5-9(11)13-14(19-13)10-6-2-4-8-12(10)17;1-4(2)3/h1-8,13-14H,(H2,16,18);1-2H3/t13-,14+;. The molecule has 0 spiro atoms. The Bertz CT molecular complexity index is 722. The molecule has 5 nitrogen and oxygen atoms in total. The van der Waals surface area contributed by atoms with Gasteiger partial charge in [0.1, 0.15) is 12.2 Å². The number of amides is 2. The number of carbonyl (C=O) groups is 1. The molecule has 23 heavy (non-hydrogen) atoms. The fraction of sp³-hybridized carbons (Fsp3) is 0.235. The Kier molecular flexibility index (Phi) is 4.19. The zero-order valence-corrected chi connectivity index (χ0v) is 13.7. The number of hydrogen-bond donors (Lipinski definition) is 1. The number of anilines is 2. The first-order valence-electron chi connectivity index (χ1n) is 7.18. The number of para-hydroxylation sites is 2. The van der Waals surface area contributed by atoms with Gasteiger partial charge in [0.15, 0.2) is 0 Å². The zero-order valence-electron chi connectivity index (χ0n) is 12.9. The van der Waals surface area contributed by atoms with Crippen LogP contribution in [-0.4, -0.2) is 22.8 Å². The number of urea groups is 1. The SMILES string of the molecule is CS(C)=O.NC(=O)N1c2ccccc2[C@H]2O[C@H]2c2ccccc21. The van der Waals surface area contributed by atoms with Gasteiger partial charge < -0.3 is 10.5 Å². The van der Waals surface area contributed by atoms with Crippen LogP contribution in [0.2, 0.25) is 0 Å². The average Bonchev–Trinajstić information content (AvgIpc) is 3.27. The predicted molar refractivity (Wildman–Crippen MR) is 91.2 cm³/mol. The molecule has 0 aliphatic carbocycles. The number of fused-ring (bicyclic) bond motifs is 5. The second-order valence-corrected chi connectivity index (χ2v) is 6.99. The number of carbonyl (C=O) groups excluding carboxylic acids is 1. The predicted octanol–water partition coefficient (Wildman–Crippen LogP) is 3.02. The third-order valence-corrected chi connectivity index (χ3v) is 3.68. The number of epoxide rings is 1. The van der Waals surface area contributed by atoms with Gasteiger partial charge in [0.25, 0.3) is 0 Å². The van der Waals surface area contributed by atoms with Crippen LogP contribution >= 0.6 is 0 Å². The van der Waals surface area contributed by atoms with Gasteiger partial charge in [-0.1, -0.05) is 36.4 Å². The van der Waals surface area contributed by atoms with Crippen molar-refractivity contribution in [2.45, 2.75) is 12.2 Å². The highest BCUT2D eigenvalue weighted by Crippen LogP contribution is 2.58. The maximum absolute atomic E-state index is 11.9. The molecule has 2 amide bonds. The van der Waals surface area contributed by atoms with Crippen LogP contribution in [0, 0.1) is 0 Å². The van der Waals surface area contributed by atoms with Crippen molar-refractivity contribution < 1.29 is 13.7 Å². The molecule has 1 fully saturated rings. The molecule has 2 heterocycles. The molecular formula is C17H18N2O3S. The first-order chi connectivity index (χ1) is 11.0. The highest BCUT2D eigenvalue weighted by Gasteiger charge is 2.47. The second-order valence-electron chi connectivity index (χ2n) is 5.51. The van der Waals surface area contributed by atoms with Crippen LogP contribution in [0.5, 0.6) is 0 Å². The molecule has 2 aromatic rings. The van der Waals surface area contributed by atoms with E-state index in [-0.39, 0.29) is 12.2 Å². The molecule has 2 aliphatic rings. The van der Waals surface area contributed by atoms with E-state index in [1.54, 1.807) is 17.4 Å². The maximum atomic E-state index is 11.9. The fourth-order valence-electron chi connectivity index (χ4n) is 2.82. The molecule has 120 valence electrons. The Morgan fingerprint density at radius 1 is 1.00 bits per heavy atom. The van der Waals surface area contributed by atoms with Gasteiger partial charge in [-0.05, 0) is 12.1 Å². The van der Waals surface area contributed by atoms with Crippen molar-refractivity contribution in [1.82, 2.24) is 0 Å². The molecule has 0 unspecified atom stereocenters. The third-order valence-electron chi connectivity index (χ3n) is 3.68. The third kappa shape index (κ3) is 3.00. The van der Waals surface area contributed by atoms with Gasteiger partial charge >= 0.3 is 6.03 Å². The molecule has 2 N–H and O–H groups in total. The number of nitrogens with zero attached hydrogens (tertiary/aromatic N) is 1. The number of rotatable bonds is 0. The lowest BCUT2D eigenvalue weighted by Crippen LogP contribution is -2.32. The summed E-state index contributed by atoms with van der Waals surface area (Å²) in [6, 6.07) is 15.0. The van der Waals surface area contributed by atoms with Gasteiger partial charge in [-0.3, -0.25) is 9.11 Å². The lowest BCUT2D eigenvalue weighted by Gasteiger charge is -2.23. The van der Waals surface area contributed by atoms with Gasteiger partial charge in [-0.2, -0.15) is 0 Å².